The first-order chi connectivity index (χ1) is 3.80. The van der Waals surface area contributed by atoms with Gasteiger partial charge in [0, 0.05) is 12.4 Å². The summed E-state index contributed by atoms with van der Waals surface area (Å²) in [4.78, 5) is 10.2. The number of hydrogen-bond donors (Lipinski definition) is 1. The Kier molecular flexibility index (Phi) is 3.01. The van der Waals surface area contributed by atoms with Crippen molar-refractivity contribution in [2.45, 2.75) is 0 Å². The molecule has 0 saturated carbocycles. The van der Waals surface area contributed by atoms with Crippen molar-refractivity contribution in [3.05, 3.63) is 24.5 Å². The normalized spacial score (nSPS) is 8.00. The van der Waals surface area contributed by atoms with Gasteiger partial charge in [0.05, 0.1) is 0 Å². The van der Waals surface area contributed by atoms with E-state index in [4.69, 9.17) is 5.73 Å². The number of carbonyl (C=O) groups is 1. The molecule has 50 valence electrons. The van der Waals surface area contributed by atoms with Crippen LogP contribution in [0, 0.1) is 0 Å². The number of nitrogens with two attached hydrogens (primary N) is 1. The molecule has 1 amide bonds. The lowest BCUT2D eigenvalue weighted by molar-refractivity contribution is 0.250. The molecule has 1 aromatic rings. The molecule has 0 bridgehead atoms. The lowest BCUT2D eigenvalue weighted by atomic mass is 10.7. The predicted molar refractivity (Wildman–Crippen MR) is 39.7 cm³/mol. The number of hydrogen-bond acceptors (Lipinski definition) is 1. The van der Waals surface area contributed by atoms with Gasteiger partial charge in [-0.2, -0.15) is 0 Å². The molecule has 0 saturated heterocycles. The van der Waals surface area contributed by atoms with Gasteiger partial charge in [-0.05, 0) is 12.1 Å². The Morgan fingerprint density at radius 2 is 1.78 bits per heavy atom. The van der Waals surface area contributed by atoms with Gasteiger partial charge in [0.2, 0.25) is 0 Å². The number of amides is 1. The van der Waals surface area contributed by atoms with Crippen LogP contribution in [0.1, 0.15) is 0 Å². The van der Waals surface area contributed by atoms with Gasteiger partial charge in [0.1, 0.15) is 0 Å². The van der Waals surface area contributed by atoms with Crippen LogP contribution < -0.4 is 5.73 Å². The van der Waals surface area contributed by atoms with Crippen LogP contribution in [0.5, 0.6) is 0 Å². The second-order valence-corrected chi connectivity index (χ2v) is 1.43. The molecule has 0 aromatic carbocycles. The molecule has 0 radical (unpaired) electrons. The summed E-state index contributed by atoms with van der Waals surface area (Å²) in [6.45, 7) is 0. The predicted octanol–water partition coefficient (Wildman–Crippen LogP) is 0.993. The van der Waals surface area contributed by atoms with Crippen LogP contribution in [0.4, 0.5) is 4.79 Å². The number of carbonyl (C=O) groups excluding carboxylic acids is 1. The smallest absolute Gasteiger partial charge is 0.322 e. The van der Waals surface area contributed by atoms with Crippen LogP contribution in [-0.4, -0.2) is 10.6 Å². The van der Waals surface area contributed by atoms with Crippen LogP contribution in [0.15, 0.2) is 24.5 Å². The van der Waals surface area contributed by atoms with Gasteiger partial charge in [0.15, 0.2) is 0 Å². The highest BCUT2D eigenvalue weighted by atomic mass is 79.9. The quantitative estimate of drug-likeness (QED) is 0.653. The van der Waals surface area contributed by atoms with Crippen molar-refractivity contribution in [2.75, 3.05) is 0 Å². The third-order valence-corrected chi connectivity index (χ3v) is 0.859. The van der Waals surface area contributed by atoms with Crippen molar-refractivity contribution >= 4 is 23.0 Å². The van der Waals surface area contributed by atoms with Gasteiger partial charge in [-0.3, -0.25) is 4.57 Å². The summed E-state index contributed by atoms with van der Waals surface area (Å²) in [6.07, 6.45) is 3.20. The molecule has 1 aromatic heterocycles. The molecular formula is C5H7BrN2O. The fraction of sp³-hybridized carbons (Fsp3) is 0. The van der Waals surface area contributed by atoms with Crippen molar-refractivity contribution in [3.63, 3.8) is 0 Å². The standard InChI is InChI=1S/C5H6N2O.BrH/c6-5(8)7-3-1-2-4-7;/h1-4H,(H2,6,8);1H. The minimum Gasteiger partial charge on any atom is -0.351 e. The Bertz CT molecular complexity index is 183. The Morgan fingerprint density at radius 1 is 1.33 bits per heavy atom. The van der Waals surface area contributed by atoms with E-state index in [1.165, 1.54) is 4.57 Å². The number of nitrogens with zero attached hydrogens (tertiary/aromatic N) is 1. The molecule has 2 N–H and O–H groups in total. The van der Waals surface area contributed by atoms with Crippen LogP contribution in [-0.2, 0) is 0 Å². The Morgan fingerprint density at radius 3 is 2.00 bits per heavy atom. The second-order valence-electron chi connectivity index (χ2n) is 1.43. The highest BCUT2D eigenvalue weighted by Gasteiger charge is 1.89. The summed E-state index contributed by atoms with van der Waals surface area (Å²) in [7, 11) is 0. The van der Waals surface area contributed by atoms with E-state index < -0.39 is 6.03 Å². The van der Waals surface area contributed by atoms with E-state index in [-0.39, 0.29) is 17.0 Å². The molecule has 0 aliphatic rings. The van der Waals surface area contributed by atoms with Crippen molar-refractivity contribution in [1.29, 1.82) is 0 Å². The maximum absolute atomic E-state index is 10.2. The fourth-order valence-corrected chi connectivity index (χ4v) is 0.481. The maximum atomic E-state index is 10.2. The molecule has 0 atom stereocenters. The van der Waals surface area contributed by atoms with E-state index in [9.17, 15) is 4.79 Å². The minimum atomic E-state index is -0.449. The third kappa shape index (κ3) is 1.89. The largest absolute Gasteiger partial charge is 0.351 e. The van der Waals surface area contributed by atoms with Crippen molar-refractivity contribution < 1.29 is 4.79 Å². The number of rotatable bonds is 0. The topological polar surface area (TPSA) is 48.0 Å². The van der Waals surface area contributed by atoms with Gasteiger partial charge in [0.25, 0.3) is 0 Å². The van der Waals surface area contributed by atoms with E-state index >= 15 is 0 Å². The van der Waals surface area contributed by atoms with Gasteiger partial charge < -0.3 is 5.73 Å². The lowest BCUT2D eigenvalue weighted by Crippen LogP contribution is -2.16. The third-order valence-electron chi connectivity index (χ3n) is 0.859. The van der Waals surface area contributed by atoms with Crippen molar-refractivity contribution in [2.24, 2.45) is 5.73 Å². The number of halogens is 1. The summed E-state index contributed by atoms with van der Waals surface area (Å²) < 4.78 is 1.31. The van der Waals surface area contributed by atoms with E-state index in [0.29, 0.717) is 0 Å². The van der Waals surface area contributed by atoms with E-state index in [0.717, 1.165) is 0 Å². The molecule has 0 aliphatic carbocycles. The number of aromatic nitrogens is 1. The van der Waals surface area contributed by atoms with Crippen LogP contribution >= 0.6 is 17.0 Å². The summed E-state index contributed by atoms with van der Waals surface area (Å²) in [5, 5.41) is 0. The van der Waals surface area contributed by atoms with Crippen molar-refractivity contribution in [1.82, 2.24) is 4.57 Å². The molecule has 0 spiro atoms. The molecular weight excluding hydrogens is 184 g/mol. The molecule has 1 heterocycles. The van der Waals surface area contributed by atoms with Gasteiger partial charge >= 0.3 is 6.03 Å². The zero-order valence-corrected chi connectivity index (χ0v) is 6.36. The lowest BCUT2D eigenvalue weighted by Gasteiger charge is -1.88. The molecule has 0 unspecified atom stereocenters. The first kappa shape index (κ1) is 8.23. The van der Waals surface area contributed by atoms with Crippen LogP contribution in [0.2, 0.25) is 0 Å². The van der Waals surface area contributed by atoms with Gasteiger partial charge in [-0.15, -0.1) is 17.0 Å². The summed E-state index contributed by atoms with van der Waals surface area (Å²) in [6, 6.07) is 3.03. The molecule has 0 fully saturated rings. The van der Waals surface area contributed by atoms with E-state index in [1.807, 2.05) is 0 Å². The van der Waals surface area contributed by atoms with Crippen LogP contribution in [0.25, 0.3) is 0 Å². The zero-order valence-electron chi connectivity index (χ0n) is 4.65. The Labute approximate surface area is 63.2 Å². The summed E-state index contributed by atoms with van der Waals surface area (Å²) in [5.41, 5.74) is 4.88. The highest BCUT2D eigenvalue weighted by Crippen LogP contribution is 1.85. The Hall–Kier alpha value is -0.770. The average molecular weight is 191 g/mol. The molecule has 1 rings (SSSR count). The first-order valence-corrected chi connectivity index (χ1v) is 2.23. The SMILES string of the molecule is Br.NC(=O)n1cccc1. The second kappa shape index (κ2) is 3.29. The molecule has 0 aliphatic heterocycles. The van der Waals surface area contributed by atoms with Crippen LogP contribution in [0.3, 0.4) is 0 Å². The average Bonchev–Trinajstić information content (AvgIpc) is 2.12. The maximum Gasteiger partial charge on any atom is 0.322 e. The van der Waals surface area contributed by atoms with E-state index in [2.05, 4.69) is 0 Å². The molecule has 3 nitrogen and oxygen atoms in total. The van der Waals surface area contributed by atoms with Crippen molar-refractivity contribution in [3.8, 4) is 0 Å². The molecule has 4 heteroatoms. The van der Waals surface area contributed by atoms with Gasteiger partial charge in [-0.1, -0.05) is 0 Å². The van der Waals surface area contributed by atoms with E-state index in [1.54, 1.807) is 24.5 Å². The summed E-state index contributed by atoms with van der Waals surface area (Å²) in [5.74, 6) is 0. The first-order valence-electron chi connectivity index (χ1n) is 2.23. The minimum absolute atomic E-state index is 0. The summed E-state index contributed by atoms with van der Waals surface area (Å²) >= 11 is 0. The number of primary amides is 1. The fourth-order valence-electron chi connectivity index (χ4n) is 0.481. The van der Waals surface area contributed by atoms with Gasteiger partial charge in [-0.25, -0.2) is 4.79 Å². The molecule has 9 heavy (non-hydrogen) atoms. The monoisotopic (exact) mass is 190 g/mol. The highest BCUT2D eigenvalue weighted by molar-refractivity contribution is 8.93. The zero-order chi connectivity index (χ0) is 5.98. The Balaban J connectivity index is 0.000000640.